The monoisotopic (exact) mass is 318 g/mol. The summed E-state index contributed by atoms with van der Waals surface area (Å²) in [6.45, 7) is 0.501. The molecule has 22 heavy (non-hydrogen) atoms. The van der Waals surface area contributed by atoms with E-state index in [4.69, 9.17) is 0 Å². The summed E-state index contributed by atoms with van der Waals surface area (Å²) in [6.07, 6.45) is 3.53. The van der Waals surface area contributed by atoms with Crippen LogP contribution in [0.2, 0.25) is 0 Å². The molecule has 2 amide bonds. The van der Waals surface area contributed by atoms with E-state index in [1.54, 1.807) is 0 Å². The molecular formula is C15H21F3N2O2. The topological polar surface area (TPSA) is 40.6 Å². The van der Waals surface area contributed by atoms with Crippen LogP contribution in [0, 0.1) is 5.92 Å². The van der Waals surface area contributed by atoms with Crippen LogP contribution in [-0.2, 0) is 9.59 Å². The van der Waals surface area contributed by atoms with Crippen molar-refractivity contribution in [2.75, 3.05) is 26.2 Å². The standard InChI is InChI=1S/C15H21F3N2O2/c16-15(17,18)14(22)20-9-3-8-19(10-11-20)13(21)7-6-12-4-1-2-5-12/h6-7,12H,1-5,8-11H2/b7-6+. The summed E-state index contributed by atoms with van der Waals surface area (Å²) in [7, 11) is 0. The lowest BCUT2D eigenvalue weighted by molar-refractivity contribution is -0.185. The van der Waals surface area contributed by atoms with Crippen LogP contribution in [0.1, 0.15) is 32.1 Å². The van der Waals surface area contributed by atoms with Gasteiger partial charge < -0.3 is 9.80 Å². The lowest BCUT2D eigenvalue weighted by Crippen LogP contribution is -2.43. The van der Waals surface area contributed by atoms with Gasteiger partial charge in [-0.15, -0.1) is 0 Å². The molecule has 0 atom stereocenters. The van der Waals surface area contributed by atoms with Gasteiger partial charge in [-0.1, -0.05) is 18.9 Å². The van der Waals surface area contributed by atoms with Gasteiger partial charge >= 0.3 is 12.1 Å². The van der Waals surface area contributed by atoms with Crippen LogP contribution >= 0.6 is 0 Å². The van der Waals surface area contributed by atoms with Gasteiger partial charge in [0.05, 0.1) is 0 Å². The van der Waals surface area contributed by atoms with Gasteiger partial charge in [0.2, 0.25) is 5.91 Å². The fourth-order valence-corrected chi connectivity index (χ4v) is 2.99. The maximum Gasteiger partial charge on any atom is 0.471 e. The third-order valence-corrected chi connectivity index (χ3v) is 4.25. The number of allylic oxidation sites excluding steroid dienone is 1. The van der Waals surface area contributed by atoms with Gasteiger partial charge in [-0.25, -0.2) is 0 Å². The number of hydrogen-bond acceptors (Lipinski definition) is 2. The fourth-order valence-electron chi connectivity index (χ4n) is 2.99. The molecule has 124 valence electrons. The molecule has 0 aromatic heterocycles. The van der Waals surface area contributed by atoms with Crippen LogP contribution in [0.4, 0.5) is 13.2 Å². The molecule has 0 radical (unpaired) electrons. The van der Waals surface area contributed by atoms with E-state index in [9.17, 15) is 22.8 Å². The average Bonchev–Trinajstić information content (AvgIpc) is 2.86. The van der Waals surface area contributed by atoms with Gasteiger partial charge in [-0.05, 0) is 31.3 Å². The van der Waals surface area contributed by atoms with Gasteiger partial charge in [0.15, 0.2) is 0 Å². The number of rotatable bonds is 2. The first-order chi connectivity index (χ1) is 10.4. The maximum atomic E-state index is 12.4. The van der Waals surface area contributed by atoms with Crippen LogP contribution in [-0.4, -0.2) is 54.0 Å². The number of carbonyl (C=O) groups is 2. The SMILES string of the molecule is O=C(/C=C/C1CCCC1)N1CCCN(C(=O)C(F)(F)F)CC1. The van der Waals surface area contributed by atoms with E-state index in [1.165, 1.54) is 23.8 Å². The smallest absolute Gasteiger partial charge is 0.337 e. The van der Waals surface area contributed by atoms with E-state index in [0.29, 0.717) is 18.9 Å². The van der Waals surface area contributed by atoms with Crippen LogP contribution in [0.3, 0.4) is 0 Å². The van der Waals surface area contributed by atoms with E-state index in [2.05, 4.69) is 0 Å². The Morgan fingerprint density at radius 2 is 1.50 bits per heavy atom. The summed E-state index contributed by atoms with van der Waals surface area (Å²) < 4.78 is 37.3. The van der Waals surface area contributed by atoms with Crippen molar-refractivity contribution in [3.8, 4) is 0 Å². The van der Waals surface area contributed by atoms with Crippen molar-refractivity contribution in [1.29, 1.82) is 0 Å². The Kier molecular flexibility index (Phi) is 5.47. The molecule has 2 aliphatic rings. The van der Waals surface area contributed by atoms with Crippen molar-refractivity contribution in [3.05, 3.63) is 12.2 Å². The average molecular weight is 318 g/mol. The summed E-state index contributed by atoms with van der Waals surface area (Å²) in [5.74, 6) is -1.55. The summed E-state index contributed by atoms with van der Waals surface area (Å²) in [4.78, 5) is 25.6. The van der Waals surface area contributed by atoms with Crippen LogP contribution in [0.5, 0.6) is 0 Å². The van der Waals surface area contributed by atoms with Crippen molar-refractivity contribution < 1.29 is 22.8 Å². The molecule has 0 aromatic carbocycles. The third kappa shape index (κ3) is 4.48. The molecule has 4 nitrogen and oxygen atoms in total. The van der Waals surface area contributed by atoms with Gasteiger partial charge in [0.1, 0.15) is 0 Å². The molecule has 1 heterocycles. The number of carbonyl (C=O) groups excluding carboxylic acids is 2. The zero-order chi connectivity index (χ0) is 16.2. The maximum absolute atomic E-state index is 12.4. The molecule has 1 saturated carbocycles. The second-order valence-electron chi connectivity index (χ2n) is 5.87. The number of alkyl halides is 3. The van der Waals surface area contributed by atoms with E-state index in [-0.39, 0.29) is 25.5 Å². The van der Waals surface area contributed by atoms with Gasteiger partial charge in [0.25, 0.3) is 0 Å². The molecule has 1 aliphatic carbocycles. The van der Waals surface area contributed by atoms with Crippen molar-refractivity contribution in [2.24, 2.45) is 5.92 Å². The molecule has 0 N–H and O–H groups in total. The minimum absolute atomic E-state index is 0.0362. The van der Waals surface area contributed by atoms with E-state index < -0.39 is 12.1 Å². The second-order valence-corrected chi connectivity index (χ2v) is 5.87. The highest BCUT2D eigenvalue weighted by Crippen LogP contribution is 2.25. The largest absolute Gasteiger partial charge is 0.471 e. The highest BCUT2D eigenvalue weighted by atomic mass is 19.4. The van der Waals surface area contributed by atoms with Gasteiger partial charge in [-0.2, -0.15) is 13.2 Å². The molecule has 0 bridgehead atoms. The first kappa shape index (κ1) is 16.8. The zero-order valence-electron chi connectivity index (χ0n) is 12.4. The predicted molar refractivity (Wildman–Crippen MR) is 74.9 cm³/mol. The fraction of sp³-hybridized carbons (Fsp3) is 0.733. The summed E-state index contributed by atoms with van der Waals surface area (Å²) >= 11 is 0. The van der Waals surface area contributed by atoms with Gasteiger partial charge in [0, 0.05) is 26.2 Å². The summed E-state index contributed by atoms with van der Waals surface area (Å²) in [5.41, 5.74) is 0. The Bertz CT molecular complexity index is 443. The molecule has 2 fully saturated rings. The normalized spacial score (nSPS) is 21.4. The highest BCUT2D eigenvalue weighted by Gasteiger charge is 2.42. The Balaban J connectivity index is 1.86. The first-order valence-corrected chi connectivity index (χ1v) is 7.71. The second kappa shape index (κ2) is 7.15. The lowest BCUT2D eigenvalue weighted by Gasteiger charge is -2.22. The van der Waals surface area contributed by atoms with Crippen LogP contribution in [0.25, 0.3) is 0 Å². The molecule has 0 aromatic rings. The van der Waals surface area contributed by atoms with Crippen molar-refractivity contribution in [1.82, 2.24) is 9.80 Å². The van der Waals surface area contributed by atoms with E-state index in [1.807, 2.05) is 6.08 Å². The first-order valence-electron chi connectivity index (χ1n) is 7.71. The summed E-state index contributed by atoms with van der Waals surface area (Å²) in [6, 6.07) is 0. The zero-order valence-corrected chi connectivity index (χ0v) is 12.4. The molecule has 1 aliphatic heterocycles. The molecular weight excluding hydrogens is 297 g/mol. The van der Waals surface area contributed by atoms with Crippen LogP contribution in [0.15, 0.2) is 12.2 Å². The van der Waals surface area contributed by atoms with Crippen LogP contribution < -0.4 is 0 Å². The van der Waals surface area contributed by atoms with Crippen molar-refractivity contribution in [3.63, 3.8) is 0 Å². The quantitative estimate of drug-likeness (QED) is 0.733. The minimum atomic E-state index is -4.85. The van der Waals surface area contributed by atoms with Crippen molar-refractivity contribution >= 4 is 11.8 Å². The number of hydrogen-bond donors (Lipinski definition) is 0. The van der Waals surface area contributed by atoms with E-state index in [0.717, 1.165) is 17.7 Å². The van der Waals surface area contributed by atoms with Gasteiger partial charge in [-0.3, -0.25) is 9.59 Å². The lowest BCUT2D eigenvalue weighted by atomic mass is 10.1. The summed E-state index contributed by atoms with van der Waals surface area (Å²) in [5, 5.41) is 0. The Labute approximate surface area is 127 Å². The number of nitrogens with zero attached hydrogens (tertiary/aromatic N) is 2. The Hall–Kier alpha value is -1.53. The molecule has 0 spiro atoms. The number of amides is 2. The molecule has 7 heteroatoms. The predicted octanol–water partition coefficient (Wildman–Crippen LogP) is 2.36. The molecule has 1 saturated heterocycles. The highest BCUT2D eigenvalue weighted by molar-refractivity contribution is 5.87. The number of halogens is 3. The molecule has 2 rings (SSSR count). The third-order valence-electron chi connectivity index (χ3n) is 4.25. The Morgan fingerprint density at radius 3 is 2.14 bits per heavy atom. The van der Waals surface area contributed by atoms with Crippen molar-refractivity contribution in [2.45, 2.75) is 38.3 Å². The van der Waals surface area contributed by atoms with E-state index >= 15 is 0 Å². The minimum Gasteiger partial charge on any atom is -0.337 e. The molecule has 0 unspecified atom stereocenters. The Morgan fingerprint density at radius 1 is 0.909 bits per heavy atom.